The second kappa shape index (κ2) is 4.89. The van der Waals surface area contributed by atoms with Crippen LogP contribution >= 0.6 is 0 Å². The van der Waals surface area contributed by atoms with Crippen molar-refractivity contribution in [1.29, 1.82) is 0 Å². The number of hydrogen-bond acceptors (Lipinski definition) is 5. The first-order valence-electron chi connectivity index (χ1n) is 6.13. The SMILES string of the molecule is Nc1ncc2c(n1)CCN(Cc1ccncc1F)C2. The minimum Gasteiger partial charge on any atom is -0.368 e. The number of rotatable bonds is 2. The summed E-state index contributed by atoms with van der Waals surface area (Å²) in [6.07, 6.45) is 5.43. The molecule has 6 heteroatoms. The topological polar surface area (TPSA) is 67.9 Å². The highest BCUT2D eigenvalue weighted by molar-refractivity contribution is 5.27. The normalized spacial score (nSPS) is 15.2. The highest BCUT2D eigenvalue weighted by atomic mass is 19.1. The standard InChI is InChI=1S/C13H14FN5/c14-11-6-16-3-1-9(11)7-19-4-2-12-10(8-19)5-17-13(15)18-12/h1,3,5-6H,2,4,7-8H2,(H2,15,17,18). The molecule has 3 rings (SSSR count). The van der Waals surface area contributed by atoms with E-state index in [-0.39, 0.29) is 5.82 Å². The fourth-order valence-electron chi connectivity index (χ4n) is 2.30. The number of hydrogen-bond donors (Lipinski definition) is 1. The van der Waals surface area contributed by atoms with Gasteiger partial charge in [-0.05, 0) is 6.07 Å². The van der Waals surface area contributed by atoms with Crippen LogP contribution in [0, 0.1) is 5.82 Å². The molecule has 2 aromatic rings. The maximum Gasteiger partial charge on any atom is 0.220 e. The van der Waals surface area contributed by atoms with E-state index in [0.29, 0.717) is 18.1 Å². The first-order chi connectivity index (χ1) is 9.22. The number of fused-ring (bicyclic) bond motifs is 1. The second-order valence-electron chi connectivity index (χ2n) is 4.63. The number of anilines is 1. The Hall–Kier alpha value is -2.08. The minimum absolute atomic E-state index is 0.262. The number of pyridine rings is 1. The summed E-state index contributed by atoms with van der Waals surface area (Å²) in [5.74, 6) is 0.0502. The average molecular weight is 259 g/mol. The number of nitrogens with zero attached hydrogens (tertiary/aromatic N) is 4. The number of halogens is 1. The molecule has 2 aromatic heterocycles. The van der Waals surface area contributed by atoms with Gasteiger partial charge in [-0.25, -0.2) is 14.4 Å². The molecular weight excluding hydrogens is 245 g/mol. The van der Waals surface area contributed by atoms with Gasteiger partial charge in [-0.2, -0.15) is 0 Å². The van der Waals surface area contributed by atoms with Crippen molar-refractivity contribution >= 4 is 5.95 Å². The summed E-state index contributed by atoms with van der Waals surface area (Å²) < 4.78 is 13.6. The Kier molecular flexibility index (Phi) is 3.08. The molecule has 3 heterocycles. The molecule has 5 nitrogen and oxygen atoms in total. The molecule has 19 heavy (non-hydrogen) atoms. The van der Waals surface area contributed by atoms with Crippen LogP contribution < -0.4 is 5.73 Å². The van der Waals surface area contributed by atoms with Crippen molar-refractivity contribution in [2.75, 3.05) is 12.3 Å². The van der Waals surface area contributed by atoms with Crippen molar-refractivity contribution in [3.05, 3.63) is 47.3 Å². The van der Waals surface area contributed by atoms with Crippen molar-refractivity contribution in [2.24, 2.45) is 0 Å². The van der Waals surface area contributed by atoms with E-state index in [2.05, 4.69) is 19.9 Å². The Morgan fingerprint density at radius 1 is 1.37 bits per heavy atom. The molecule has 0 radical (unpaired) electrons. The van der Waals surface area contributed by atoms with E-state index in [0.717, 1.165) is 30.8 Å². The van der Waals surface area contributed by atoms with E-state index in [1.54, 1.807) is 18.5 Å². The molecule has 0 amide bonds. The zero-order valence-electron chi connectivity index (χ0n) is 10.4. The smallest absolute Gasteiger partial charge is 0.220 e. The third kappa shape index (κ3) is 2.53. The van der Waals surface area contributed by atoms with Gasteiger partial charge in [0.05, 0.1) is 11.9 Å². The second-order valence-corrected chi connectivity index (χ2v) is 4.63. The molecule has 0 spiro atoms. The van der Waals surface area contributed by atoms with Crippen LogP contribution in [-0.4, -0.2) is 26.4 Å². The number of nitrogen functional groups attached to an aromatic ring is 1. The van der Waals surface area contributed by atoms with Gasteiger partial charge in [0.15, 0.2) is 0 Å². The summed E-state index contributed by atoms with van der Waals surface area (Å²) in [7, 11) is 0. The summed E-state index contributed by atoms with van der Waals surface area (Å²) in [5.41, 5.74) is 8.29. The quantitative estimate of drug-likeness (QED) is 0.876. The monoisotopic (exact) mass is 259 g/mol. The maximum absolute atomic E-state index is 13.6. The van der Waals surface area contributed by atoms with Crippen molar-refractivity contribution in [3.8, 4) is 0 Å². The predicted molar refractivity (Wildman–Crippen MR) is 68.5 cm³/mol. The molecule has 0 atom stereocenters. The van der Waals surface area contributed by atoms with Crippen LogP contribution in [0.1, 0.15) is 16.8 Å². The number of aromatic nitrogens is 3. The van der Waals surface area contributed by atoms with E-state index in [4.69, 9.17) is 5.73 Å². The van der Waals surface area contributed by atoms with Crippen LogP contribution in [-0.2, 0) is 19.5 Å². The molecule has 1 aliphatic rings. The van der Waals surface area contributed by atoms with Crippen LogP contribution in [0.4, 0.5) is 10.3 Å². The predicted octanol–water partition coefficient (Wildman–Crippen LogP) is 1.15. The van der Waals surface area contributed by atoms with Gasteiger partial charge in [0.2, 0.25) is 5.95 Å². The third-order valence-corrected chi connectivity index (χ3v) is 3.28. The van der Waals surface area contributed by atoms with Crippen LogP contribution in [0.5, 0.6) is 0 Å². The molecule has 0 aromatic carbocycles. The van der Waals surface area contributed by atoms with Gasteiger partial charge in [-0.3, -0.25) is 9.88 Å². The molecule has 0 unspecified atom stereocenters. The Morgan fingerprint density at radius 3 is 3.11 bits per heavy atom. The van der Waals surface area contributed by atoms with Crippen molar-refractivity contribution in [3.63, 3.8) is 0 Å². The first-order valence-corrected chi connectivity index (χ1v) is 6.13. The van der Waals surface area contributed by atoms with Crippen molar-refractivity contribution in [1.82, 2.24) is 19.9 Å². The highest BCUT2D eigenvalue weighted by Crippen LogP contribution is 2.19. The molecule has 0 bridgehead atoms. The van der Waals surface area contributed by atoms with Crippen LogP contribution in [0.3, 0.4) is 0 Å². The van der Waals surface area contributed by atoms with Crippen molar-refractivity contribution in [2.45, 2.75) is 19.5 Å². The van der Waals surface area contributed by atoms with Gasteiger partial charge in [-0.15, -0.1) is 0 Å². The van der Waals surface area contributed by atoms with Crippen LogP contribution in [0.25, 0.3) is 0 Å². The molecule has 2 N–H and O–H groups in total. The Morgan fingerprint density at radius 2 is 2.26 bits per heavy atom. The summed E-state index contributed by atoms with van der Waals surface area (Å²) in [4.78, 5) is 14.2. The van der Waals surface area contributed by atoms with Crippen LogP contribution in [0.2, 0.25) is 0 Å². The van der Waals surface area contributed by atoms with E-state index >= 15 is 0 Å². The summed E-state index contributed by atoms with van der Waals surface area (Å²) in [5, 5.41) is 0. The Bertz CT molecular complexity index is 601. The fourth-order valence-corrected chi connectivity index (χ4v) is 2.30. The number of nitrogens with two attached hydrogens (primary N) is 1. The Balaban J connectivity index is 1.76. The maximum atomic E-state index is 13.6. The average Bonchev–Trinajstić information content (AvgIpc) is 2.41. The largest absolute Gasteiger partial charge is 0.368 e. The molecule has 0 saturated heterocycles. The molecule has 0 fully saturated rings. The molecular formula is C13H14FN5. The van der Waals surface area contributed by atoms with Gasteiger partial charge >= 0.3 is 0 Å². The van der Waals surface area contributed by atoms with Gasteiger partial charge < -0.3 is 5.73 Å². The molecule has 1 aliphatic heterocycles. The summed E-state index contributed by atoms with van der Waals surface area (Å²) >= 11 is 0. The summed E-state index contributed by atoms with van der Waals surface area (Å²) in [6.45, 7) is 2.13. The van der Waals surface area contributed by atoms with E-state index in [9.17, 15) is 4.39 Å². The van der Waals surface area contributed by atoms with Gasteiger partial charge in [0.25, 0.3) is 0 Å². The Labute approximate surface area is 110 Å². The lowest BCUT2D eigenvalue weighted by Crippen LogP contribution is -2.31. The third-order valence-electron chi connectivity index (χ3n) is 3.28. The summed E-state index contributed by atoms with van der Waals surface area (Å²) in [6, 6.07) is 1.71. The van der Waals surface area contributed by atoms with E-state index in [1.165, 1.54) is 6.20 Å². The zero-order valence-corrected chi connectivity index (χ0v) is 10.4. The van der Waals surface area contributed by atoms with E-state index < -0.39 is 0 Å². The lowest BCUT2D eigenvalue weighted by atomic mass is 10.1. The lowest BCUT2D eigenvalue weighted by molar-refractivity contribution is 0.239. The van der Waals surface area contributed by atoms with Gasteiger partial charge in [-0.1, -0.05) is 0 Å². The highest BCUT2D eigenvalue weighted by Gasteiger charge is 2.19. The fraction of sp³-hybridized carbons (Fsp3) is 0.308. The van der Waals surface area contributed by atoms with Gasteiger partial charge in [0.1, 0.15) is 5.82 Å². The minimum atomic E-state index is -0.262. The zero-order chi connectivity index (χ0) is 13.2. The molecule has 0 saturated carbocycles. The lowest BCUT2D eigenvalue weighted by Gasteiger charge is -2.27. The first kappa shape index (κ1) is 12.0. The molecule has 0 aliphatic carbocycles. The van der Waals surface area contributed by atoms with Crippen molar-refractivity contribution < 1.29 is 4.39 Å². The van der Waals surface area contributed by atoms with E-state index in [1.807, 2.05) is 0 Å². The van der Waals surface area contributed by atoms with Crippen LogP contribution in [0.15, 0.2) is 24.7 Å². The molecule has 98 valence electrons. The van der Waals surface area contributed by atoms with Gasteiger partial charge in [0, 0.05) is 49.6 Å².